The van der Waals surface area contributed by atoms with Crippen LogP contribution in [0.1, 0.15) is 36.6 Å². The lowest BCUT2D eigenvalue weighted by Crippen LogP contribution is -2.41. The van der Waals surface area contributed by atoms with E-state index in [0.717, 1.165) is 16.8 Å². The van der Waals surface area contributed by atoms with Crippen molar-refractivity contribution in [3.8, 4) is 23.0 Å². The molecule has 1 saturated heterocycles. The van der Waals surface area contributed by atoms with E-state index in [-0.39, 0.29) is 30.4 Å². The van der Waals surface area contributed by atoms with E-state index in [1.54, 1.807) is 28.4 Å². The van der Waals surface area contributed by atoms with Crippen molar-refractivity contribution >= 4 is 18.1 Å². The molecule has 3 unspecified atom stereocenters. The van der Waals surface area contributed by atoms with E-state index in [9.17, 15) is 5.21 Å². The molecule has 1 aliphatic rings. The van der Waals surface area contributed by atoms with Gasteiger partial charge in [0.25, 0.3) is 0 Å². The molecule has 0 aromatic heterocycles. The average Bonchev–Trinajstić information content (AvgIpc) is 2.78. The lowest BCUT2D eigenvalue weighted by molar-refractivity contribution is 0.293. The lowest BCUT2D eigenvalue weighted by Gasteiger charge is -2.37. The molecule has 3 atom stereocenters. The molecule has 1 fully saturated rings. The first kappa shape index (κ1) is 23.6. The van der Waals surface area contributed by atoms with Gasteiger partial charge in [0.05, 0.1) is 34.2 Å². The number of nitrogens with one attached hydrogen (secondary N) is 1. The van der Waals surface area contributed by atoms with Crippen LogP contribution in [0.5, 0.6) is 23.0 Å². The average molecular weight is 437 g/mol. The first-order valence-corrected chi connectivity index (χ1v) is 9.47. The largest absolute Gasteiger partial charge is 0.493 e. The van der Waals surface area contributed by atoms with Crippen LogP contribution >= 0.6 is 12.4 Å². The first-order valence-electron chi connectivity index (χ1n) is 9.47. The minimum atomic E-state index is -0.0625. The van der Waals surface area contributed by atoms with Gasteiger partial charge in [-0.25, -0.2) is 0 Å². The summed E-state index contributed by atoms with van der Waals surface area (Å²) in [7, 11) is 6.46. The third-order valence-electron chi connectivity index (χ3n) is 5.52. The highest BCUT2D eigenvalue weighted by Crippen LogP contribution is 2.40. The van der Waals surface area contributed by atoms with Gasteiger partial charge in [-0.2, -0.15) is 0 Å². The summed E-state index contributed by atoms with van der Waals surface area (Å²) in [5, 5.41) is 16.9. The van der Waals surface area contributed by atoms with Crippen molar-refractivity contribution in [1.82, 2.24) is 5.32 Å². The summed E-state index contributed by atoms with van der Waals surface area (Å²) < 4.78 is 21.6. The summed E-state index contributed by atoms with van der Waals surface area (Å²) >= 11 is 0. The van der Waals surface area contributed by atoms with Crippen molar-refractivity contribution in [3.05, 3.63) is 47.5 Å². The number of ether oxygens (including phenoxy) is 4. The summed E-state index contributed by atoms with van der Waals surface area (Å²) in [5.41, 5.74) is 2.80. The molecule has 2 aromatic carbocycles. The quantitative estimate of drug-likeness (QED) is 0.516. The Morgan fingerprint density at radius 3 is 1.83 bits per heavy atom. The Bertz CT molecular complexity index is 890. The number of rotatable bonds is 6. The van der Waals surface area contributed by atoms with Crippen LogP contribution in [-0.4, -0.2) is 39.4 Å². The lowest BCUT2D eigenvalue weighted by atomic mass is 9.81. The molecule has 7 nitrogen and oxygen atoms in total. The van der Waals surface area contributed by atoms with Gasteiger partial charge >= 0.3 is 0 Å². The maximum atomic E-state index is 9.63. The molecule has 0 bridgehead atoms. The summed E-state index contributed by atoms with van der Waals surface area (Å²) in [4.78, 5) is 0. The number of hydrogen-bond donors (Lipinski definition) is 2. The van der Waals surface area contributed by atoms with Gasteiger partial charge in [0.2, 0.25) is 0 Å². The highest BCUT2D eigenvalue weighted by Gasteiger charge is 2.34. The maximum absolute atomic E-state index is 9.63. The Labute approximate surface area is 183 Å². The summed E-state index contributed by atoms with van der Waals surface area (Å²) in [6.07, 6.45) is 0.594. The molecular weight excluding hydrogens is 408 g/mol. The number of oxime groups is 1. The van der Waals surface area contributed by atoms with Crippen LogP contribution in [0.15, 0.2) is 41.6 Å². The van der Waals surface area contributed by atoms with E-state index in [1.807, 2.05) is 43.3 Å². The van der Waals surface area contributed by atoms with Crippen molar-refractivity contribution in [2.75, 3.05) is 28.4 Å². The van der Waals surface area contributed by atoms with Crippen LogP contribution in [0.3, 0.4) is 0 Å². The van der Waals surface area contributed by atoms with Crippen molar-refractivity contribution in [2.24, 2.45) is 11.1 Å². The molecule has 0 aliphatic carbocycles. The van der Waals surface area contributed by atoms with Crippen LogP contribution in [0.4, 0.5) is 0 Å². The minimum absolute atomic E-state index is 0. The molecule has 164 valence electrons. The second-order valence-electron chi connectivity index (χ2n) is 7.01. The van der Waals surface area contributed by atoms with Gasteiger partial charge in [-0.05, 0) is 35.4 Å². The second-order valence-corrected chi connectivity index (χ2v) is 7.01. The normalized spacial score (nSPS) is 22.2. The van der Waals surface area contributed by atoms with E-state index in [2.05, 4.69) is 10.5 Å². The molecule has 0 amide bonds. The van der Waals surface area contributed by atoms with Crippen LogP contribution in [0.25, 0.3) is 0 Å². The number of benzene rings is 2. The molecule has 30 heavy (non-hydrogen) atoms. The van der Waals surface area contributed by atoms with Gasteiger partial charge in [-0.1, -0.05) is 24.2 Å². The third-order valence-corrected chi connectivity index (χ3v) is 5.52. The van der Waals surface area contributed by atoms with Crippen LogP contribution in [-0.2, 0) is 0 Å². The minimum Gasteiger partial charge on any atom is -0.493 e. The molecule has 8 heteroatoms. The molecule has 2 N–H and O–H groups in total. The molecular formula is C22H29ClN2O5. The van der Waals surface area contributed by atoms with Crippen molar-refractivity contribution in [3.63, 3.8) is 0 Å². The molecule has 1 aliphatic heterocycles. The highest BCUT2D eigenvalue weighted by molar-refractivity contribution is 5.88. The molecule has 3 rings (SSSR count). The van der Waals surface area contributed by atoms with Crippen molar-refractivity contribution in [1.29, 1.82) is 0 Å². The first-order chi connectivity index (χ1) is 14.1. The van der Waals surface area contributed by atoms with Crippen LogP contribution in [0.2, 0.25) is 0 Å². The summed E-state index contributed by atoms with van der Waals surface area (Å²) in [6.45, 7) is 2.05. The fourth-order valence-electron chi connectivity index (χ4n) is 3.85. The number of halogens is 1. The monoisotopic (exact) mass is 436 g/mol. The molecule has 0 spiro atoms. The van der Waals surface area contributed by atoms with E-state index in [0.29, 0.717) is 29.4 Å². The van der Waals surface area contributed by atoms with Gasteiger partial charge in [0.1, 0.15) is 0 Å². The molecule has 2 aromatic rings. The fourth-order valence-corrected chi connectivity index (χ4v) is 3.85. The summed E-state index contributed by atoms with van der Waals surface area (Å²) in [6, 6.07) is 11.6. The number of hydrogen-bond acceptors (Lipinski definition) is 7. The molecule has 1 heterocycles. The van der Waals surface area contributed by atoms with Crippen LogP contribution < -0.4 is 24.3 Å². The molecule has 0 radical (unpaired) electrons. The standard InChI is InChI=1S/C22H28N2O5.ClH/c1-13-16(24-25)12-17(14-6-8-18(26-2)20(10-14)28-4)23-22(13)15-7-9-19(27-3)21(11-15)29-5;/h6-11,13,17,22-23,25H,12H2,1-5H3;1H/b24-16-;. The zero-order valence-corrected chi connectivity index (χ0v) is 18.7. The van der Waals surface area contributed by atoms with Gasteiger partial charge in [0, 0.05) is 24.4 Å². The number of nitrogens with zero attached hydrogens (tertiary/aromatic N) is 1. The fraction of sp³-hybridized carbons (Fsp3) is 0.409. The third kappa shape index (κ3) is 4.57. The Morgan fingerprint density at radius 1 is 0.833 bits per heavy atom. The van der Waals surface area contributed by atoms with E-state index in [1.165, 1.54) is 0 Å². The smallest absolute Gasteiger partial charge is 0.161 e. The van der Waals surface area contributed by atoms with Crippen LogP contribution in [0, 0.1) is 5.92 Å². The Kier molecular flexibility index (Phi) is 8.20. The predicted molar refractivity (Wildman–Crippen MR) is 118 cm³/mol. The Morgan fingerprint density at radius 2 is 1.33 bits per heavy atom. The Hall–Kier alpha value is -2.64. The highest BCUT2D eigenvalue weighted by atomic mass is 35.5. The van der Waals surface area contributed by atoms with Crippen molar-refractivity contribution in [2.45, 2.75) is 25.4 Å². The van der Waals surface area contributed by atoms with Crippen molar-refractivity contribution < 1.29 is 24.2 Å². The SMILES string of the molecule is COc1ccc(C2C/C(=N/O)C(C)C(c3ccc(OC)c(OC)c3)N2)cc1OC.Cl. The van der Waals surface area contributed by atoms with Gasteiger partial charge < -0.3 is 29.5 Å². The summed E-state index contributed by atoms with van der Waals surface area (Å²) in [5.74, 6) is 2.68. The van der Waals surface area contributed by atoms with E-state index >= 15 is 0 Å². The van der Waals surface area contributed by atoms with Gasteiger partial charge in [-0.3, -0.25) is 0 Å². The number of piperidine rings is 1. The second kappa shape index (κ2) is 10.4. The van der Waals surface area contributed by atoms with E-state index in [4.69, 9.17) is 18.9 Å². The molecule has 0 saturated carbocycles. The van der Waals surface area contributed by atoms with Gasteiger partial charge in [0.15, 0.2) is 23.0 Å². The zero-order chi connectivity index (χ0) is 21.0. The maximum Gasteiger partial charge on any atom is 0.161 e. The number of methoxy groups -OCH3 is 4. The topological polar surface area (TPSA) is 81.5 Å². The zero-order valence-electron chi connectivity index (χ0n) is 17.8. The predicted octanol–water partition coefficient (Wildman–Crippen LogP) is 4.38. The Balaban J connectivity index is 0.00000320. The van der Waals surface area contributed by atoms with Gasteiger partial charge in [-0.15, -0.1) is 12.4 Å². The van der Waals surface area contributed by atoms with E-state index < -0.39 is 0 Å².